The molecular formula is C27H33N3O4. The van der Waals surface area contributed by atoms with E-state index in [-0.39, 0.29) is 30.3 Å². The molecule has 4 atom stereocenters. The Hall–Kier alpha value is -3.19. The first-order chi connectivity index (χ1) is 16.5. The van der Waals surface area contributed by atoms with E-state index in [1.807, 2.05) is 60.7 Å². The molecule has 0 radical (unpaired) electrons. The number of rotatable bonds is 7. The zero-order valence-electron chi connectivity index (χ0n) is 19.5. The second kappa shape index (κ2) is 10.8. The summed E-state index contributed by atoms with van der Waals surface area (Å²) in [5, 5.41) is 15.8. The maximum Gasteiger partial charge on any atom is 0.249 e. The smallest absolute Gasteiger partial charge is 0.249 e. The van der Waals surface area contributed by atoms with Crippen LogP contribution in [0.4, 0.5) is 0 Å². The number of hydrogen-bond acceptors (Lipinski definition) is 4. The van der Waals surface area contributed by atoms with Crippen molar-refractivity contribution in [3.8, 4) is 0 Å². The Morgan fingerprint density at radius 3 is 2.18 bits per heavy atom. The maximum atomic E-state index is 13.6. The molecule has 2 fully saturated rings. The van der Waals surface area contributed by atoms with Crippen LogP contribution in [0.5, 0.6) is 0 Å². The Bertz CT molecular complexity index is 958. The van der Waals surface area contributed by atoms with Crippen LogP contribution in [-0.4, -0.2) is 52.0 Å². The molecule has 2 heterocycles. The number of carbonyl (C=O) groups is 3. The van der Waals surface area contributed by atoms with Crippen molar-refractivity contribution < 1.29 is 19.5 Å². The van der Waals surface area contributed by atoms with Crippen molar-refractivity contribution in [1.29, 1.82) is 0 Å². The average molecular weight is 464 g/mol. The molecule has 4 unspecified atom stereocenters. The van der Waals surface area contributed by atoms with Crippen molar-refractivity contribution in [1.82, 2.24) is 15.5 Å². The lowest BCUT2D eigenvalue weighted by atomic mass is 9.98. The number of nitrogens with one attached hydrogen (secondary N) is 2. The van der Waals surface area contributed by atoms with Gasteiger partial charge in [-0.3, -0.25) is 14.4 Å². The number of hydrogen-bond donors (Lipinski definition) is 3. The van der Waals surface area contributed by atoms with Gasteiger partial charge < -0.3 is 20.6 Å². The summed E-state index contributed by atoms with van der Waals surface area (Å²) in [6.07, 6.45) is 2.61. The van der Waals surface area contributed by atoms with Crippen molar-refractivity contribution in [2.75, 3.05) is 0 Å². The first kappa shape index (κ1) is 24.0. The summed E-state index contributed by atoms with van der Waals surface area (Å²) in [5.41, 5.74) is 1.94. The Morgan fingerprint density at radius 1 is 0.971 bits per heavy atom. The molecule has 0 aromatic heterocycles. The molecule has 0 saturated carbocycles. The number of fused-ring (bicyclic) bond motifs is 1. The zero-order chi connectivity index (χ0) is 24.1. The Labute approximate surface area is 200 Å². The number of nitrogens with zero attached hydrogens (tertiary/aromatic N) is 1. The predicted molar refractivity (Wildman–Crippen MR) is 129 cm³/mol. The third-order valence-electron chi connectivity index (χ3n) is 6.95. The highest BCUT2D eigenvalue weighted by Gasteiger charge is 2.45. The van der Waals surface area contributed by atoms with Gasteiger partial charge in [-0.25, -0.2) is 0 Å². The fourth-order valence-corrected chi connectivity index (χ4v) is 5.09. The zero-order valence-corrected chi connectivity index (χ0v) is 19.5. The van der Waals surface area contributed by atoms with Crippen LogP contribution >= 0.6 is 0 Å². The van der Waals surface area contributed by atoms with E-state index in [4.69, 9.17) is 0 Å². The molecule has 180 valence electrons. The van der Waals surface area contributed by atoms with Gasteiger partial charge in [0.15, 0.2) is 0 Å². The van der Waals surface area contributed by atoms with Gasteiger partial charge in [-0.1, -0.05) is 67.6 Å². The third kappa shape index (κ3) is 5.14. The lowest BCUT2D eigenvalue weighted by Gasteiger charge is -2.32. The molecule has 2 aliphatic heterocycles. The first-order valence-electron chi connectivity index (χ1n) is 12.2. The highest BCUT2D eigenvalue weighted by atomic mass is 16.3. The molecular weight excluding hydrogens is 430 g/mol. The molecule has 2 saturated heterocycles. The number of aliphatic hydroxyl groups is 1. The SMILES string of the molecule is CCC(O)C(=O)NC1CCCC2CCC(C(=O)NC(c3ccccc3)c3ccccc3)N2C1=O. The summed E-state index contributed by atoms with van der Waals surface area (Å²) in [7, 11) is 0. The van der Waals surface area contributed by atoms with Crippen LogP contribution in [0, 0.1) is 0 Å². The highest BCUT2D eigenvalue weighted by molar-refractivity contribution is 5.93. The van der Waals surface area contributed by atoms with Gasteiger partial charge >= 0.3 is 0 Å². The van der Waals surface area contributed by atoms with Crippen LogP contribution in [0.25, 0.3) is 0 Å². The van der Waals surface area contributed by atoms with Gasteiger partial charge in [-0.05, 0) is 49.7 Å². The van der Waals surface area contributed by atoms with E-state index in [0.29, 0.717) is 12.8 Å². The average Bonchev–Trinajstić information content (AvgIpc) is 3.24. The van der Waals surface area contributed by atoms with E-state index in [2.05, 4.69) is 10.6 Å². The third-order valence-corrected chi connectivity index (χ3v) is 6.95. The van der Waals surface area contributed by atoms with Crippen LogP contribution < -0.4 is 10.6 Å². The van der Waals surface area contributed by atoms with Crippen LogP contribution in [0.1, 0.15) is 62.6 Å². The maximum absolute atomic E-state index is 13.6. The molecule has 2 aromatic carbocycles. The molecule has 4 rings (SSSR count). The molecule has 7 heteroatoms. The molecule has 7 nitrogen and oxygen atoms in total. The molecule has 3 amide bonds. The normalized spacial score (nSPS) is 23.2. The summed E-state index contributed by atoms with van der Waals surface area (Å²) in [5.74, 6) is -0.949. The minimum Gasteiger partial charge on any atom is -0.383 e. The van der Waals surface area contributed by atoms with Gasteiger partial charge in [0.1, 0.15) is 18.2 Å². The first-order valence-corrected chi connectivity index (χ1v) is 12.2. The Kier molecular flexibility index (Phi) is 7.63. The quantitative estimate of drug-likeness (QED) is 0.588. The number of aliphatic hydroxyl groups excluding tert-OH is 1. The fraction of sp³-hybridized carbons (Fsp3) is 0.444. The van der Waals surface area contributed by atoms with Crippen LogP contribution in [0.2, 0.25) is 0 Å². The van der Waals surface area contributed by atoms with Crippen molar-refractivity contribution in [3.05, 3.63) is 71.8 Å². The van der Waals surface area contributed by atoms with Crippen LogP contribution in [-0.2, 0) is 14.4 Å². The monoisotopic (exact) mass is 463 g/mol. The summed E-state index contributed by atoms with van der Waals surface area (Å²) in [6.45, 7) is 1.71. The molecule has 0 spiro atoms. The standard InChI is InChI=1S/C27H33N3O4/c1-2-23(31)26(33)28-21-15-9-14-20-16-17-22(30(20)27(21)34)25(32)29-24(18-10-5-3-6-11-18)19-12-7-4-8-13-19/h3-8,10-13,20-24,31H,2,9,14-17H2,1H3,(H,28,33)(H,29,32). The van der Waals surface area contributed by atoms with E-state index in [0.717, 1.165) is 30.4 Å². The fourth-order valence-electron chi connectivity index (χ4n) is 5.09. The number of carbonyl (C=O) groups excluding carboxylic acids is 3. The molecule has 2 aliphatic rings. The van der Waals surface area contributed by atoms with Crippen LogP contribution in [0.15, 0.2) is 60.7 Å². The van der Waals surface area contributed by atoms with E-state index >= 15 is 0 Å². The highest BCUT2D eigenvalue weighted by Crippen LogP contribution is 2.33. The molecule has 2 aromatic rings. The Balaban J connectivity index is 1.54. The van der Waals surface area contributed by atoms with E-state index in [1.165, 1.54) is 0 Å². The van der Waals surface area contributed by atoms with E-state index in [1.54, 1.807) is 11.8 Å². The Morgan fingerprint density at radius 2 is 1.59 bits per heavy atom. The molecule has 0 aliphatic carbocycles. The number of amides is 3. The lowest BCUT2D eigenvalue weighted by Crippen LogP contribution is -2.55. The van der Waals surface area contributed by atoms with E-state index in [9.17, 15) is 19.5 Å². The van der Waals surface area contributed by atoms with Gasteiger partial charge in [-0.15, -0.1) is 0 Å². The van der Waals surface area contributed by atoms with Crippen molar-refractivity contribution in [2.45, 2.75) is 75.7 Å². The molecule has 0 bridgehead atoms. The van der Waals surface area contributed by atoms with Gasteiger partial charge in [0.2, 0.25) is 17.7 Å². The molecule has 3 N–H and O–H groups in total. The summed E-state index contributed by atoms with van der Waals surface area (Å²) in [4.78, 5) is 41.0. The minimum absolute atomic E-state index is 0.00634. The largest absolute Gasteiger partial charge is 0.383 e. The summed E-state index contributed by atoms with van der Waals surface area (Å²) >= 11 is 0. The summed E-state index contributed by atoms with van der Waals surface area (Å²) < 4.78 is 0. The van der Waals surface area contributed by atoms with Crippen molar-refractivity contribution in [3.63, 3.8) is 0 Å². The second-order valence-electron chi connectivity index (χ2n) is 9.17. The van der Waals surface area contributed by atoms with Gasteiger partial charge in [0.25, 0.3) is 0 Å². The topological polar surface area (TPSA) is 98.7 Å². The van der Waals surface area contributed by atoms with Gasteiger partial charge in [-0.2, -0.15) is 0 Å². The number of benzene rings is 2. The summed E-state index contributed by atoms with van der Waals surface area (Å²) in [6, 6.07) is 18.0. The van der Waals surface area contributed by atoms with Gasteiger partial charge in [0, 0.05) is 6.04 Å². The molecule has 34 heavy (non-hydrogen) atoms. The van der Waals surface area contributed by atoms with E-state index < -0.39 is 24.1 Å². The van der Waals surface area contributed by atoms with Crippen molar-refractivity contribution >= 4 is 17.7 Å². The minimum atomic E-state index is -1.14. The van der Waals surface area contributed by atoms with Crippen LogP contribution in [0.3, 0.4) is 0 Å². The van der Waals surface area contributed by atoms with Gasteiger partial charge in [0.05, 0.1) is 6.04 Å². The van der Waals surface area contributed by atoms with Crippen molar-refractivity contribution in [2.24, 2.45) is 0 Å². The predicted octanol–water partition coefficient (Wildman–Crippen LogP) is 2.69. The lowest BCUT2D eigenvalue weighted by molar-refractivity contribution is -0.143. The second-order valence-corrected chi connectivity index (χ2v) is 9.17.